The smallest absolute Gasteiger partial charge is 0.374 e. The standard InChI is InChI=1S/C16H9ClF4N2O4S/c1-8-5-9(18)7-23-13(24)6-11(22-15(8)23)10-3-2-4-12(14(10)17)27-28(25,26)16(19,20)21/h2-7H,1H3. The average molecular weight is 437 g/mol. The van der Waals surface area contributed by atoms with Gasteiger partial charge in [-0.1, -0.05) is 23.7 Å². The third-order valence-corrected chi connectivity index (χ3v) is 4.99. The number of aromatic nitrogens is 2. The van der Waals surface area contributed by atoms with Crippen LogP contribution >= 0.6 is 11.6 Å². The molecule has 0 N–H and O–H groups in total. The molecule has 1 aromatic carbocycles. The molecular formula is C16H9ClF4N2O4S. The van der Waals surface area contributed by atoms with E-state index in [4.69, 9.17) is 11.6 Å². The Bertz CT molecular complexity index is 1260. The number of pyridine rings is 1. The number of fused-ring (bicyclic) bond motifs is 1. The van der Waals surface area contributed by atoms with Gasteiger partial charge in [0.05, 0.1) is 10.7 Å². The molecule has 0 unspecified atom stereocenters. The van der Waals surface area contributed by atoms with E-state index < -0.39 is 37.8 Å². The fourth-order valence-corrected chi connectivity index (χ4v) is 3.18. The van der Waals surface area contributed by atoms with Crippen LogP contribution in [0.4, 0.5) is 17.6 Å². The monoisotopic (exact) mass is 436 g/mol. The lowest BCUT2D eigenvalue weighted by Gasteiger charge is -2.13. The number of hydrogen-bond donors (Lipinski definition) is 0. The molecule has 0 bridgehead atoms. The largest absolute Gasteiger partial charge is 0.534 e. The zero-order valence-corrected chi connectivity index (χ0v) is 15.4. The van der Waals surface area contributed by atoms with Gasteiger partial charge in [0, 0.05) is 17.8 Å². The Balaban J connectivity index is 2.17. The zero-order chi connectivity index (χ0) is 20.9. The molecule has 0 atom stereocenters. The van der Waals surface area contributed by atoms with Crippen molar-refractivity contribution in [2.45, 2.75) is 12.4 Å². The molecule has 6 nitrogen and oxygen atoms in total. The number of nitrogens with zero attached hydrogens (tertiary/aromatic N) is 2. The first kappa shape index (κ1) is 20.1. The highest BCUT2D eigenvalue weighted by Crippen LogP contribution is 2.37. The third-order valence-electron chi connectivity index (χ3n) is 3.63. The quantitative estimate of drug-likeness (QED) is 0.355. The Morgan fingerprint density at radius 3 is 2.54 bits per heavy atom. The average Bonchev–Trinajstić information content (AvgIpc) is 2.56. The van der Waals surface area contributed by atoms with Gasteiger partial charge >= 0.3 is 15.6 Å². The summed E-state index contributed by atoms with van der Waals surface area (Å²) in [4.78, 5) is 16.4. The summed E-state index contributed by atoms with van der Waals surface area (Å²) in [7, 11) is -5.94. The van der Waals surface area contributed by atoms with Crippen molar-refractivity contribution in [3.05, 3.63) is 63.3 Å². The lowest BCUT2D eigenvalue weighted by Crippen LogP contribution is -2.28. The minimum atomic E-state index is -5.94. The summed E-state index contributed by atoms with van der Waals surface area (Å²) in [5, 5.41) is -0.494. The second-order valence-corrected chi connectivity index (χ2v) is 7.53. The lowest BCUT2D eigenvalue weighted by molar-refractivity contribution is -0.0500. The van der Waals surface area contributed by atoms with Crippen LogP contribution in [0.1, 0.15) is 5.56 Å². The van der Waals surface area contributed by atoms with Gasteiger partial charge in [-0.3, -0.25) is 9.20 Å². The van der Waals surface area contributed by atoms with Gasteiger partial charge in [0.2, 0.25) is 0 Å². The van der Waals surface area contributed by atoms with Crippen LogP contribution in [-0.4, -0.2) is 23.3 Å². The van der Waals surface area contributed by atoms with Crippen molar-refractivity contribution in [2.24, 2.45) is 0 Å². The molecule has 0 fully saturated rings. The molecule has 3 aromatic rings. The van der Waals surface area contributed by atoms with Crippen molar-refractivity contribution < 1.29 is 30.2 Å². The summed E-state index contributed by atoms with van der Waals surface area (Å²) < 4.78 is 78.6. The zero-order valence-electron chi connectivity index (χ0n) is 13.8. The van der Waals surface area contributed by atoms with E-state index in [2.05, 4.69) is 9.17 Å². The van der Waals surface area contributed by atoms with E-state index in [1.54, 1.807) is 0 Å². The first-order chi connectivity index (χ1) is 12.9. The molecular weight excluding hydrogens is 428 g/mol. The van der Waals surface area contributed by atoms with Crippen molar-refractivity contribution >= 4 is 27.4 Å². The van der Waals surface area contributed by atoms with Gasteiger partial charge in [0.1, 0.15) is 11.5 Å². The molecule has 3 rings (SSSR count). The van der Waals surface area contributed by atoms with Crippen LogP contribution < -0.4 is 9.74 Å². The minimum absolute atomic E-state index is 0.0418. The highest BCUT2D eigenvalue weighted by atomic mass is 35.5. The summed E-state index contributed by atoms with van der Waals surface area (Å²) in [6.07, 6.45) is 0.929. The molecule has 12 heteroatoms. The molecule has 2 aromatic heterocycles. The first-order valence-corrected chi connectivity index (χ1v) is 9.18. The second kappa shape index (κ2) is 6.74. The van der Waals surface area contributed by atoms with E-state index in [9.17, 15) is 30.8 Å². The van der Waals surface area contributed by atoms with E-state index in [1.807, 2.05) is 0 Å². The van der Waals surface area contributed by atoms with E-state index in [-0.39, 0.29) is 16.9 Å². The number of hydrogen-bond acceptors (Lipinski definition) is 5. The summed E-state index contributed by atoms with van der Waals surface area (Å²) >= 11 is 6.00. The fraction of sp³-hybridized carbons (Fsp3) is 0.125. The molecule has 0 radical (unpaired) electrons. The predicted octanol–water partition coefficient (Wildman–Crippen LogP) is 3.69. The molecule has 0 spiro atoms. The van der Waals surface area contributed by atoms with Crippen molar-refractivity contribution in [1.29, 1.82) is 0 Å². The summed E-state index contributed by atoms with van der Waals surface area (Å²) in [5.74, 6) is -1.44. The maximum Gasteiger partial charge on any atom is 0.534 e. The maximum absolute atomic E-state index is 13.5. The van der Waals surface area contributed by atoms with Crippen LogP contribution in [0.15, 0.2) is 41.3 Å². The van der Waals surface area contributed by atoms with Crippen molar-refractivity contribution in [2.75, 3.05) is 0 Å². The molecule has 0 saturated heterocycles. The summed E-state index contributed by atoms with van der Waals surface area (Å²) in [6, 6.07) is 5.54. The van der Waals surface area contributed by atoms with Crippen LogP contribution in [0.5, 0.6) is 5.75 Å². The van der Waals surface area contributed by atoms with Crippen LogP contribution in [0, 0.1) is 12.7 Å². The Hall–Kier alpha value is -2.66. The number of benzene rings is 1. The van der Waals surface area contributed by atoms with Gasteiger partial charge in [0.15, 0.2) is 5.75 Å². The van der Waals surface area contributed by atoms with Gasteiger partial charge in [-0.25, -0.2) is 9.37 Å². The number of aryl methyl sites for hydroxylation is 1. The minimum Gasteiger partial charge on any atom is -0.374 e. The van der Waals surface area contributed by atoms with Crippen LogP contribution in [0.25, 0.3) is 16.9 Å². The van der Waals surface area contributed by atoms with Crippen LogP contribution in [0.2, 0.25) is 5.02 Å². The summed E-state index contributed by atoms with van der Waals surface area (Å²) in [5.41, 5.74) is -6.00. The van der Waals surface area contributed by atoms with E-state index in [0.29, 0.717) is 5.56 Å². The van der Waals surface area contributed by atoms with Gasteiger partial charge in [-0.05, 0) is 24.6 Å². The van der Waals surface area contributed by atoms with Crippen LogP contribution in [-0.2, 0) is 10.1 Å². The highest BCUT2D eigenvalue weighted by molar-refractivity contribution is 7.88. The number of alkyl halides is 3. The van der Waals surface area contributed by atoms with E-state index in [1.165, 1.54) is 19.1 Å². The molecule has 2 heterocycles. The molecule has 0 aliphatic heterocycles. The van der Waals surface area contributed by atoms with Crippen molar-refractivity contribution in [1.82, 2.24) is 9.38 Å². The lowest BCUT2D eigenvalue weighted by atomic mass is 10.1. The maximum atomic E-state index is 13.5. The van der Waals surface area contributed by atoms with Crippen molar-refractivity contribution in [3.8, 4) is 17.0 Å². The topological polar surface area (TPSA) is 77.7 Å². The fourth-order valence-electron chi connectivity index (χ4n) is 2.40. The Morgan fingerprint density at radius 1 is 1.21 bits per heavy atom. The number of rotatable bonds is 3. The molecule has 0 aliphatic carbocycles. The van der Waals surface area contributed by atoms with Crippen LogP contribution in [0.3, 0.4) is 0 Å². The Labute approximate surface area is 160 Å². The van der Waals surface area contributed by atoms with Gasteiger partial charge in [-0.15, -0.1) is 0 Å². The second-order valence-electron chi connectivity index (χ2n) is 5.62. The normalized spacial score (nSPS) is 12.4. The van der Waals surface area contributed by atoms with Crippen molar-refractivity contribution in [3.63, 3.8) is 0 Å². The van der Waals surface area contributed by atoms with E-state index in [0.717, 1.165) is 28.8 Å². The first-order valence-electron chi connectivity index (χ1n) is 7.40. The van der Waals surface area contributed by atoms with E-state index >= 15 is 0 Å². The molecule has 0 amide bonds. The predicted molar refractivity (Wildman–Crippen MR) is 92.2 cm³/mol. The SMILES string of the molecule is Cc1cc(F)cn2c(=O)cc(-c3cccc(OS(=O)(=O)C(F)(F)F)c3Cl)nc12. The Kier molecular flexibility index (Phi) is 4.84. The highest BCUT2D eigenvalue weighted by Gasteiger charge is 2.48. The molecule has 0 aliphatic rings. The molecule has 28 heavy (non-hydrogen) atoms. The van der Waals surface area contributed by atoms with Gasteiger partial charge in [0.25, 0.3) is 5.56 Å². The molecule has 0 saturated carbocycles. The summed E-state index contributed by atoms with van der Waals surface area (Å²) in [6.45, 7) is 1.51. The van der Waals surface area contributed by atoms with Gasteiger partial charge < -0.3 is 4.18 Å². The number of halogens is 5. The molecule has 148 valence electrons. The third kappa shape index (κ3) is 3.54. The van der Waals surface area contributed by atoms with Gasteiger partial charge in [-0.2, -0.15) is 21.6 Å². The Morgan fingerprint density at radius 2 is 1.89 bits per heavy atom.